The lowest BCUT2D eigenvalue weighted by Gasteiger charge is -2.48. The Morgan fingerprint density at radius 3 is 2.52 bits per heavy atom. The summed E-state index contributed by atoms with van der Waals surface area (Å²) >= 11 is 0. The summed E-state index contributed by atoms with van der Waals surface area (Å²) in [5.41, 5.74) is 2.65. The molecule has 0 spiro atoms. The number of allylic oxidation sites excluding steroid dienone is 4. The van der Waals surface area contributed by atoms with Crippen LogP contribution in [0.5, 0.6) is 0 Å². The number of pyridine rings is 1. The summed E-state index contributed by atoms with van der Waals surface area (Å²) in [6.45, 7) is 8.31. The number of carbonyl (C=O) groups excluding carboxylic acids is 3. The van der Waals surface area contributed by atoms with Crippen molar-refractivity contribution in [2.45, 2.75) is 116 Å². The zero-order chi connectivity index (χ0) is 40.9. The zero-order valence-corrected chi connectivity index (χ0v) is 33.8. The molecule has 0 amide bonds. The largest absolute Gasteiger partial charge is 0.462 e. The van der Waals surface area contributed by atoms with E-state index in [1.54, 1.807) is 39.8 Å². The van der Waals surface area contributed by atoms with E-state index in [2.05, 4.69) is 11.1 Å². The number of fused-ring (bicyclic) bond motifs is 1. The summed E-state index contributed by atoms with van der Waals surface area (Å²) < 4.78 is 39.0. The van der Waals surface area contributed by atoms with Crippen LogP contribution >= 0.6 is 0 Å². The molecule has 308 valence electrons. The number of halogens is 1. The number of hydrogen-bond donors (Lipinski definition) is 2. The topological polar surface area (TPSA) is 145 Å². The number of carbonyl (C=O) groups is 3. The molecular formula is C44H61FN2O9. The summed E-state index contributed by atoms with van der Waals surface area (Å²) in [4.78, 5) is 45.0. The third kappa shape index (κ3) is 12.2. The SMILES string of the molecule is CC[C@H]1OC(=O)C[C@@H](O)[C@H](C)[C@@H](O[C@@H]2O[C@H](C)[C@@H](OC/C=C/Cc3cnc4ccccc4c3)[C@H](N(C)C)[C@H]2O)[C@@H](CC=O)C[C@@H](C)C(=O)/C=C/C(C)=C/[C@@H]1CF. The molecule has 1 aromatic carbocycles. The van der Waals surface area contributed by atoms with Gasteiger partial charge >= 0.3 is 5.97 Å². The Labute approximate surface area is 330 Å². The molecule has 2 aliphatic rings. The van der Waals surface area contributed by atoms with Crippen LogP contribution < -0.4 is 0 Å². The summed E-state index contributed by atoms with van der Waals surface area (Å²) in [5.74, 6) is -3.54. The Balaban J connectivity index is 1.53. The maximum absolute atomic E-state index is 14.2. The van der Waals surface area contributed by atoms with Crippen LogP contribution in [0.3, 0.4) is 0 Å². The highest BCUT2D eigenvalue weighted by atomic mass is 19.1. The molecule has 2 N–H and O–H groups in total. The molecule has 0 radical (unpaired) electrons. The van der Waals surface area contributed by atoms with Gasteiger partial charge < -0.3 is 38.9 Å². The van der Waals surface area contributed by atoms with Crippen LogP contribution in [-0.2, 0) is 39.8 Å². The van der Waals surface area contributed by atoms with Gasteiger partial charge in [0.15, 0.2) is 12.1 Å². The first kappa shape index (κ1) is 45.1. The second-order valence-electron chi connectivity index (χ2n) is 15.6. The van der Waals surface area contributed by atoms with Gasteiger partial charge in [0.05, 0.1) is 49.6 Å². The first-order valence-electron chi connectivity index (χ1n) is 19.8. The number of aromatic nitrogens is 1. The highest BCUT2D eigenvalue weighted by Gasteiger charge is 2.48. The molecule has 12 heteroatoms. The Hall–Kier alpha value is -3.65. The van der Waals surface area contributed by atoms with Gasteiger partial charge in [-0.1, -0.05) is 68.8 Å². The van der Waals surface area contributed by atoms with Crippen LogP contribution in [0.1, 0.15) is 65.9 Å². The van der Waals surface area contributed by atoms with Crippen molar-refractivity contribution in [1.82, 2.24) is 9.88 Å². The third-order valence-corrected chi connectivity index (χ3v) is 11.1. The molecule has 56 heavy (non-hydrogen) atoms. The maximum atomic E-state index is 14.2. The van der Waals surface area contributed by atoms with Gasteiger partial charge in [-0.05, 0) is 76.9 Å². The highest BCUT2D eigenvalue weighted by Crippen LogP contribution is 2.35. The number of hydrogen-bond acceptors (Lipinski definition) is 11. The van der Waals surface area contributed by atoms with Crippen molar-refractivity contribution in [2.24, 2.45) is 23.7 Å². The Kier molecular flexibility index (Phi) is 17.5. The van der Waals surface area contributed by atoms with E-state index in [4.69, 9.17) is 18.9 Å². The molecule has 2 aliphatic heterocycles. The smallest absolute Gasteiger partial charge is 0.308 e. The van der Waals surface area contributed by atoms with Crippen LogP contribution in [-0.4, -0.2) is 114 Å². The number of nitrogens with zero attached hydrogens (tertiary/aromatic N) is 2. The molecule has 0 bridgehead atoms. The van der Waals surface area contributed by atoms with Crippen molar-refractivity contribution in [1.29, 1.82) is 0 Å². The molecule has 4 rings (SSSR count). The minimum atomic E-state index is -1.30. The average Bonchev–Trinajstić information content (AvgIpc) is 3.17. The number of aliphatic hydroxyl groups excluding tert-OH is 2. The first-order chi connectivity index (χ1) is 26.8. The minimum Gasteiger partial charge on any atom is -0.462 e. The fourth-order valence-corrected chi connectivity index (χ4v) is 7.80. The molecule has 0 saturated carbocycles. The third-order valence-electron chi connectivity index (χ3n) is 11.1. The number of aliphatic hydroxyl groups is 2. The Morgan fingerprint density at radius 2 is 1.82 bits per heavy atom. The number of para-hydroxylation sites is 1. The molecule has 11 nitrogen and oxygen atoms in total. The summed E-state index contributed by atoms with van der Waals surface area (Å²) in [6.07, 6.45) is 5.53. The van der Waals surface area contributed by atoms with Gasteiger partial charge in [0.1, 0.15) is 24.6 Å². The molecular weight excluding hydrogens is 719 g/mol. The first-order valence-corrected chi connectivity index (χ1v) is 19.8. The van der Waals surface area contributed by atoms with Crippen LogP contribution in [0, 0.1) is 23.7 Å². The quantitative estimate of drug-likeness (QED) is 0.154. The van der Waals surface area contributed by atoms with Crippen LogP contribution in [0.15, 0.2) is 72.5 Å². The van der Waals surface area contributed by atoms with Gasteiger partial charge in [-0.25, -0.2) is 0 Å². The van der Waals surface area contributed by atoms with Gasteiger partial charge in [-0.3, -0.25) is 19.0 Å². The highest BCUT2D eigenvalue weighted by molar-refractivity contribution is 5.91. The number of esters is 1. The van der Waals surface area contributed by atoms with Crippen molar-refractivity contribution in [3.05, 3.63) is 78.0 Å². The Bertz CT molecular complexity index is 1680. The van der Waals surface area contributed by atoms with Gasteiger partial charge in [0.2, 0.25) is 0 Å². The lowest BCUT2D eigenvalue weighted by atomic mass is 9.79. The van der Waals surface area contributed by atoms with Crippen molar-refractivity contribution in [2.75, 3.05) is 27.4 Å². The summed E-state index contributed by atoms with van der Waals surface area (Å²) in [6, 6.07) is 9.50. The van der Waals surface area contributed by atoms with Crippen LogP contribution in [0.4, 0.5) is 4.39 Å². The molecule has 12 atom stereocenters. The molecule has 2 aromatic rings. The fraction of sp³-hybridized carbons (Fsp3) is 0.591. The lowest BCUT2D eigenvalue weighted by Crippen LogP contribution is -2.64. The maximum Gasteiger partial charge on any atom is 0.308 e. The number of benzene rings is 1. The Morgan fingerprint density at radius 1 is 1.07 bits per heavy atom. The van der Waals surface area contributed by atoms with E-state index in [0.717, 1.165) is 22.8 Å². The van der Waals surface area contributed by atoms with E-state index in [1.165, 1.54) is 6.08 Å². The van der Waals surface area contributed by atoms with E-state index in [1.807, 2.05) is 68.5 Å². The van der Waals surface area contributed by atoms with Crippen LogP contribution in [0.25, 0.3) is 10.9 Å². The van der Waals surface area contributed by atoms with Gasteiger partial charge in [0, 0.05) is 35.8 Å². The number of rotatable bonds is 12. The predicted molar refractivity (Wildman–Crippen MR) is 212 cm³/mol. The molecule has 3 heterocycles. The average molecular weight is 781 g/mol. The number of likely N-dealkylation sites (N-methyl/N-ethyl adjacent to an activating group) is 1. The van der Waals surface area contributed by atoms with Gasteiger partial charge in [-0.2, -0.15) is 0 Å². The van der Waals surface area contributed by atoms with Crippen molar-refractivity contribution < 1.29 is 47.9 Å². The van der Waals surface area contributed by atoms with Crippen molar-refractivity contribution >= 4 is 28.9 Å². The standard InChI is InChI=1S/C44H61FN2O9/c1-8-38-34(25-45)21-27(2)16-17-36(49)28(3)22-33(18-19-48)42(29(4)37(50)24-39(51)55-38)56-44-41(52)40(47(6)7)43(30(5)54-44)53-20-12-11-13-31-23-32-14-9-10-15-35(32)46-26-31/h9-12,14-17,19,21,23,26,28-30,33-34,37-38,40-44,50,52H,8,13,18,20,22,24-25H2,1-7H3/b12-11+,17-16+,27-21+/t28-,29+,30-,33+,34-,37-,38-,40-,41-,42-,43-,44+/m1/s1. The van der Waals surface area contributed by atoms with Gasteiger partial charge in [-0.15, -0.1) is 0 Å². The fourth-order valence-electron chi connectivity index (χ4n) is 7.80. The number of cyclic esters (lactones) is 1. The van der Waals surface area contributed by atoms with Crippen molar-refractivity contribution in [3.63, 3.8) is 0 Å². The number of ketones is 1. The van der Waals surface area contributed by atoms with E-state index >= 15 is 0 Å². The van der Waals surface area contributed by atoms with Crippen molar-refractivity contribution in [3.8, 4) is 0 Å². The normalized spacial score (nSPS) is 34.3. The van der Waals surface area contributed by atoms with E-state index in [-0.39, 0.29) is 25.2 Å². The second kappa shape index (κ2) is 21.8. The predicted octanol–water partition coefficient (Wildman–Crippen LogP) is 5.75. The molecule has 0 unspecified atom stereocenters. The van der Waals surface area contributed by atoms with E-state index < -0.39 is 91.7 Å². The lowest BCUT2D eigenvalue weighted by molar-refractivity contribution is -0.308. The molecule has 1 saturated heterocycles. The zero-order valence-electron chi connectivity index (χ0n) is 33.8. The van der Waals surface area contributed by atoms with Crippen LogP contribution in [0.2, 0.25) is 0 Å². The molecule has 1 aromatic heterocycles. The molecule has 0 aliphatic carbocycles. The summed E-state index contributed by atoms with van der Waals surface area (Å²) in [7, 11) is 3.66. The second-order valence-corrected chi connectivity index (χ2v) is 15.6. The monoisotopic (exact) mass is 780 g/mol. The summed E-state index contributed by atoms with van der Waals surface area (Å²) in [5, 5.41) is 24.4. The number of alkyl halides is 1. The van der Waals surface area contributed by atoms with E-state index in [9.17, 15) is 29.0 Å². The van der Waals surface area contributed by atoms with Gasteiger partial charge in [0.25, 0.3) is 0 Å². The number of ether oxygens (including phenoxy) is 4. The molecule has 1 fully saturated rings. The number of aldehydes is 1. The minimum absolute atomic E-state index is 0.00859. The van der Waals surface area contributed by atoms with E-state index in [0.29, 0.717) is 18.4 Å².